The number of hydrogen-bond acceptors (Lipinski definition) is 7. The van der Waals surface area contributed by atoms with E-state index in [1.807, 2.05) is 0 Å². The molecule has 0 atom stereocenters. The summed E-state index contributed by atoms with van der Waals surface area (Å²) in [6, 6.07) is 5.58. The highest BCUT2D eigenvalue weighted by Crippen LogP contribution is 2.27. The number of benzene rings is 1. The lowest BCUT2D eigenvalue weighted by molar-refractivity contribution is 0.0459. The van der Waals surface area contributed by atoms with Gasteiger partial charge < -0.3 is 19.7 Å². The second-order valence-corrected chi connectivity index (χ2v) is 10.8. The molecule has 1 aliphatic rings. The van der Waals surface area contributed by atoms with Crippen molar-refractivity contribution in [2.75, 3.05) is 27.2 Å². The van der Waals surface area contributed by atoms with Gasteiger partial charge >= 0.3 is 12.2 Å². The monoisotopic (exact) mass is 480 g/mol. The molecule has 0 bridgehead atoms. The molecule has 12 heteroatoms. The van der Waals surface area contributed by atoms with Crippen molar-refractivity contribution in [3.8, 4) is 0 Å². The fourth-order valence-electron chi connectivity index (χ4n) is 3.21. The minimum absolute atomic E-state index is 0.00902. The highest BCUT2D eigenvalue weighted by atomic mass is 32.2. The molecule has 1 aromatic heterocycles. The van der Waals surface area contributed by atoms with Crippen LogP contribution in [0.15, 0.2) is 40.2 Å². The van der Waals surface area contributed by atoms with Gasteiger partial charge in [0, 0.05) is 44.2 Å². The van der Waals surface area contributed by atoms with Gasteiger partial charge in [0.1, 0.15) is 5.60 Å². The molecule has 0 aliphatic carbocycles. The second kappa shape index (κ2) is 9.02. The van der Waals surface area contributed by atoms with Crippen LogP contribution >= 0.6 is 0 Å². The summed E-state index contributed by atoms with van der Waals surface area (Å²) in [7, 11) is -0.859. The first kappa shape index (κ1) is 24.5. The van der Waals surface area contributed by atoms with Crippen LogP contribution in [0.5, 0.6) is 0 Å². The summed E-state index contributed by atoms with van der Waals surface area (Å²) < 4.78 is 39.0. The van der Waals surface area contributed by atoms with E-state index in [2.05, 4.69) is 5.32 Å². The quantitative estimate of drug-likeness (QED) is 0.688. The summed E-state index contributed by atoms with van der Waals surface area (Å²) in [5.41, 5.74) is -1.13. The third kappa shape index (κ3) is 5.45. The van der Waals surface area contributed by atoms with Gasteiger partial charge in [-0.25, -0.2) is 18.0 Å². The summed E-state index contributed by atoms with van der Waals surface area (Å²) >= 11 is 0. The Morgan fingerprint density at radius 3 is 2.42 bits per heavy atom. The van der Waals surface area contributed by atoms with Gasteiger partial charge in [0.15, 0.2) is 6.73 Å². The van der Waals surface area contributed by atoms with Crippen molar-refractivity contribution >= 4 is 33.0 Å². The molecule has 1 N–H and O–H groups in total. The molecule has 1 fully saturated rings. The van der Waals surface area contributed by atoms with E-state index < -0.39 is 33.4 Å². The van der Waals surface area contributed by atoms with Gasteiger partial charge in [0.2, 0.25) is 10.0 Å². The Balaban J connectivity index is 1.77. The van der Waals surface area contributed by atoms with Gasteiger partial charge in [-0.1, -0.05) is 6.07 Å². The molecule has 1 aliphatic heterocycles. The van der Waals surface area contributed by atoms with Gasteiger partial charge in [0.05, 0.1) is 10.9 Å². The van der Waals surface area contributed by atoms with E-state index in [9.17, 15) is 22.8 Å². The number of carbonyl (C=O) groups is 2. The molecule has 2 amide bonds. The third-order valence-electron chi connectivity index (χ3n) is 4.86. The number of rotatable bonds is 5. The molecule has 33 heavy (non-hydrogen) atoms. The second-order valence-electron chi connectivity index (χ2n) is 8.91. The Labute approximate surface area is 191 Å². The van der Waals surface area contributed by atoms with Crippen molar-refractivity contribution in [2.45, 2.75) is 44.0 Å². The molecule has 0 spiro atoms. The standard InChI is InChI=1S/C21H28N4O7S/c1-21(2,3)32-19(27)22-14-11-25(12-14)33(29,30)17-8-6-7-16-15(17)9-10-24(18(16)26)13-31-20(28)23(4)5/h6-10,14H,11-13H2,1-5H3,(H,22,27). The van der Waals surface area contributed by atoms with Crippen LogP contribution in [0.1, 0.15) is 20.8 Å². The third-order valence-corrected chi connectivity index (χ3v) is 6.75. The Kier molecular flexibility index (Phi) is 6.70. The van der Waals surface area contributed by atoms with E-state index in [0.717, 1.165) is 0 Å². The van der Waals surface area contributed by atoms with Crippen LogP contribution in [-0.4, -0.2) is 73.2 Å². The number of fused-ring (bicyclic) bond motifs is 1. The number of sulfonamides is 1. The van der Waals surface area contributed by atoms with Crippen LogP contribution in [0, 0.1) is 0 Å². The first-order valence-corrected chi connectivity index (χ1v) is 11.7. The van der Waals surface area contributed by atoms with Crippen molar-refractivity contribution in [3.63, 3.8) is 0 Å². The zero-order valence-electron chi connectivity index (χ0n) is 19.2. The van der Waals surface area contributed by atoms with Gasteiger partial charge in [-0.3, -0.25) is 9.36 Å². The van der Waals surface area contributed by atoms with Crippen molar-refractivity contribution in [1.29, 1.82) is 0 Å². The maximum absolute atomic E-state index is 13.2. The predicted octanol–water partition coefficient (Wildman–Crippen LogP) is 1.55. The van der Waals surface area contributed by atoms with Crippen LogP contribution in [0.2, 0.25) is 0 Å². The summed E-state index contributed by atoms with van der Waals surface area (Å²) in [5, 5.41) is 3.09. The van der Waals surface area contributed by atoms with Crippen LogP contribution in [0.4, 0.5) is 9.59 Å². The molecule has 0 unspecified atom stereocenters. The number of hydrogen-bond donors (Lipinski definition) is 1. The number of ether oxygens (including phenoxy) is 2. The highest BCUT2D eigenvalue weighted by Gasteiger charge is 2.39. The number of alkyl carbamates (subject to hydrolysis) is 1. The Hall–Kier alpha value is -3.12. The van der Waals surface area contributed by atoms with E-state index in [1.54, 1.807) is 20.8 Å². The fraction of sp³-hybridized carbons (Fsp3) is 0.476. The molecule has 0 saturated carbocycles. The first-order valence-electron chi connectivity index (χ1n) is 10.3. The number of amides is 2. The average Bonchev–Trinajstić information content (AvgIpc) is 2.67. The van der Waals surface area contributed by atoms with Crippen molar-refractivity contribution in [1.82, 2.24) is 19.1 Å². The Morgan fingerprint density at radius 2 is 1.82 bits per heavy atom. The van der Waals surface area contributed by atoms with Crippen LogP contribution in [0.3, 0.4) is 0 Å². The fourth-order valence-corrected chi connectivity index (χ4v) is 4.95. The van der Waals surface area contributed by atoms with Crippen molar-refractivity contribution < 1.29 is 27.5 Å². The Bertz CT molecular complexity index is 1230. The maximum atomic E-state index is 13.2. The molecule has 2 heterocycles. The zero-order chi connectivity index (χ0) is 24.6. The SMILES string of the molecule is CN(C)C(=O)OCn1ccc2c(S(=O)(=O)N3CC(NC(=O)OC(C)(C)C)C3)cccc2c1=O. The number of carbonyl (C=O) groups excluding carboxylic acids is 2. The molecule has 0 radical (unpaired) electrons. The normalized spacial score (nSPS) is 15.1. The van der Waals surface area contributed by atoms with Crippen LogP contribution in [0.25, 0.3) is 10.8 Å². The first-order chi connectivity index (χ1) is 15.3. The lowest BCUT2D eigenvalue weighted by atomic mass is 10.2. The van der Waals surface area contributed by atoms with Gasteiger partial charge in [-0.2, -0.15) is 4.31 Å². The molecule has 1 saturated heterocycles. The minimum atomic E-state index is -3.90. The summed E-state index contributed by atoms with van der Waals surface area (Å²) in [4.78, 5) is 37.6. The zero-order valence-corrected chi connectivity index (χ0v) is 20.0. The van der Waals surface area contributed by atoms with E-state index in [4.69, 9.17) is 9.47 Å². The van der Waals surface area contributed by atoms with E-state index in [0.29, 0.717) is 0 Å². The molecular formula is C21H28N4O7S. The summed E-state index contributed by atoms with van der Waals surface area (Å²) in [5.74, 6) is 0. The van der Waals surface area contributed by atoms with Crippen molar-refractivity contribution in [2.24, 2.45) is 0 Å². The van der Waals surface area contributed by atoms with Gasteiger partial charge in [-0.15, -0.1) is 0 Å². The average molecular weight is 481 g/mol. The topological polar surface area (TPSA) is 127 Å². The van der Waals surface area contributed by atoms with Gasteiger partial charge in [-0.05, 0) is 39.0 Å². The lowest BCUT2D eigenvalue weighted by Crippen LogP contribution is -2.61. The van der Waals surface area contributed by atoms with E-state index in [-0.39, 0.29) is 41.5 Å². The lowest BCUT2D eigenvalue weighted by Gasteiger charge is -2.38. The minimum Gasteiger partial charge on any atom is -0.444 e. The predicted molar refractivity (Wildman–Crippen MR) is 120 cm³/mol. The van der Waals surface area contributed by atoms with Crippen molar-refractivity contribution in [3.05, 3.63) is 40.8 Å². The number of nitrogens with one attached hydrogen (secondary N) is 1. The molecule has 2 aromatic rings. The number of pyridine rings is 1. The molecule has 3 rings (SSSR count). The largest absolute Gasteiger partial charge is 0.444 e. The molecule has 1 aromatic carbocycles. The molecule has 180 valence electrons. The Morgan fingerprint density at radius 1 is 1.15 bits per heavy atom. The summed E-state index contributed by atoms with van der Waals surface area (Å²) in [6.45, 7) is 5.11. The number of aromatic nitrogens is 1. The summed E-state index contributed by atoms with van der Waals surface area (Å²) in [6.07, 6.45) is 0.172. The van der Waals surface area contributed by atoms with E-state index in [1.165, 1.54) is 58.3 Å². The van der Waals surface area contributed by atoms with Crippen LogP contribution < -0.4 is 10.9 Å². The highest BCUT2D eigenvalue weighted by molar-refractivity contribution is 7.89. The van der Waals surface area contributed by atoms with E-state index >= 15 is 0 Å². The maximum Gasteiger partial charge on any atom is 0.410 e. The smallest absolute Gasteiger partial charge is 0.410 e. The van der Waals surface area contributed by atoms with Gasteiger partial charge in [0.25, 0.3) is 5.56 Å². The van der Waals surface area contributed by atoms with Crippen LogP contribution in [-0.2, 0) is 26.2 Å². The molecule has 11 nitrogen and oxygen atoms in total. The number of nitrogens with zero attached hydrogens (tertiary/aromatic N) is 3. The molecular weight excluding hydrogens is 452 g/mol.